The Labute approximate surface area is 167 Å². The predicted molar refractivity (Wildman–Crippen MR) is 109 cm³/mol. The number of piperazine rings is 1. The van der Waals surface area contributed by atoms with Gasteiger partial charge in [0.05, 0.1) is 28.8 Å². The number of carbonyl (C=O) groups excluding carboxylic acids is 1. The minimum absolute atomic E-state index is 0.0886. The van der Waals surface area contributed by atoms with Crippen LogP contribution in [-0.4, -0.2) is 63.1 Å². The Bertz CT molecular complexity index is 1040. The highest BCUT2D eigenvalue weighted by molar-refractivity contribution is 6.30. The summed E-state index contributed by atoms with van der Waals surface area (Å²) in [4.78, 5) is 25.9. The maximum Gasteiger partial charge on any atom is 0.263 e. The van der Waals surface area contributed by atoms with E-state index in [1.807, 2.05) is 6.07 Å². The molecule has 1 saturated heterocycles. The summed E-state index contributed by atoms with van der Waals surface area (Å²) >= 11 is 5.94. The van der Waals surface area contributed by atoms with Gasteiger partial charge in [-0.25, -0.2) is 9.50 Å². The number of aromatic nitrogens is 4. The molecule has 1 unspecified atom stereocenters. The number of anilines is 3. The van der Waals surface area contributed by atoms with Gasteiger partial charge in [-0.05, 0) is 20.0 Å². The summed E-state index contributed by atoms with van der Waals surface area (Å²) in [6, 6.07) is 2.22. The number of hydrogen-bond acceptors (Lipinski definition) is 7. The third-order valence-electron chi connectivity index (χ3n) is 4.88. The van der Waals surface area contributed by atoms with Crippen molar-refractivity contribution in [1.82, 2.24) is 24.5 Å². The van der Waals surface area contributed by atoms with Crippen LogP contribution in [0.4, 0.5) is 17.2 Å². The van der Waals surface area contributed by atoms with Gasteiger partial charge in [-0.2, -0.15) is 0 Å². The van der Waals surface area contributed by atoms with Crippen molar-refractivity contribution < 1.29 is 4.79 Å². The highest BCUT2D eigenvalue weighted by Crippen LogP contribution is 2.29. The van der Waals surface area contributed by atoms with E-state index in [4.69, 9.17) is 17.3 Å². The average Bonchev–Trinajstić information content (AvgIpc) is 2.97. The van der Waals surface area contributed by atoms with E-state index in [0.717, 1.165) is 25.3 Å². The molecule has 0 aliphatic carbocycles. The van der Waals surface area contributed by atoms with Crippen LogP contribution in [0.15, 0.2) is 30.9 Å². The molecule has 0 aromatic carbocycles. The number of hydrogen-bond donors (Lipinski definition) is 2. The molecule has 1 aliphatic heterocycles. The fraction of sp³-hybridized carbons (Fsp3) is 0.333. The van der Waals surface area contributed by atoms with Crippen molar-refractivity contribution in [3.8, 4) is 0 Å². The van der Waals surface area contributed by atoms with Gasteiger partial charge < -0.3 is 20.9 Å². The lowest BCUT2D eigenvalue weighted by Gasteiger charge is -2.40. The number of pyridine rings is 1. The van der Waals surface area contributed by atoms with Crippen molar-refractivity contribution in [2.24, 2.45) is 0 Å². The molecule has 3 aromatic rings. The van der Waals surface area contributed by atoms with Gasteiger partial charge in [0.2, 0.25) is 0 Å². The van der Waals surface area contributed by atoms with Crippen molar-refractivity contribution in [3.63, 3.8) is 0 Å². The van der Waals surface area contributed by atoms with E-state index in [1.54, 1.807) is 18.6 Å². The van der Waals surface area contributed by atoms with Crippen LogP contribution in [0.3, 0.4) is 0 Å². The first-order valence-corrected chi connectivity index (χ1v) is 9.31. The summed E-state index contributed by atoms with van der Waals surface area (Å²) in [5.41, 5.74) is 8.07. The van der Waals surface area contributed by atoms with Crippen molar-refractivity contribution in [2.45, 2.75) is 13.0 Å². The lowest BCUT2D eigenvalue weighted by atomic mass is 10.1. The van der Waals surface area contributed by atoms with Crippen molar-refractivity contribution in [3.05, 3.63) is 41.4 Å². The molecule has 3 aromatic heterocycles. The number of halogens is 1. The lowest BCUT2D eigenvalue weighted by Crippen LogP contribution is -2.50. The summed E-state index contributed by atoms with van der Waals surface area (Å²) in [7, 11) is 2.11. The van der Waals surface area contributed by atoms with Gasteiger partial charge in [-0.1, -0.05) is 11.6 Å². The topological polar surface area (TPSA) is 105 Å². The van der Waals surface area contributed by atoms with E-state index in [2.05, 4.69) is 44.2 Å². The Morgan fingerprint density at radius 2 is 2.18 bits per heavy atom. The van der Waals surface area contributed by atoms with Gasteiger partial charge in [-0.15, -0.1) is 5.10 Å². The molecule has 1 fully saturated rings. The molecule has 10 heteroatoms. The van der Waals surface area contributed by atoms with Crippen LogP contribution in [0, 0.1) is 0 Å². The van der Waals surface area contributed by atoms with Gasteiger partial charge in [0.1, 0.15) is 5.56 Å². The maximum absolute atomic E-state index is 13.0. The van der Waals surface area contributed by atoms with E-state index < -0.39 is 5.91 Å². The van der Waals surface area contributed by atoms with Crippen molar-refractivity contribution in [2.75, 3.05) is 42.6 Å². The molecule has 4 rings (SSSR count). The third kappa shape index (κ3) is 3.34. The lowest BCUT2D eigenvalue weighted by molar-refractivity contribution is 0.102. The Hall–Kier alpha value is -2.91. The van der Waals surface area contributed by atoms with Crippen LogP contribution in [0.2, 0.25) is 5.02 Å². The molecule has 146 valence electrons. The first-order chi connectivity index (χ1) is 13.4. The standard InChI is InChI=1S/C18H21ClN8O/c1-11-9-25(2)5-6-26(11)14-3-4-21-8-13(14)23-18(28)15-16(20)24-27-10-12(19)7-22-17(15)27/h3-4,7-8,10-11H,5-6,9H2,1-2H3,(H2,20,24)(H,23,28). The second kappa shape index (κ2) is 7.25. The largest absolute Gasteiger partial charge is 0.381 e. The van der Waals surface area contributed by atoms with Crippen molar-refractivity contribution in [1.29, 1.82) is 0 Å². The Balaban J connectivity index is 1.65. The molecule has 0 saturated carbocycles. The van der Waals surface area contributed by atoms with Crippen molar-refractivity contribution >= 4 is 40.3 Å². The van der Waals surface area contributed by atoms with Crippen LogP contribution in [0.5, 0.6) is 0 Å². The molecule has 9 nitrogen and oxygen atoms in total. The number of carbonyl (C=O) groups is 1. The molecule has 1 aliphatic rings. The van der Waals surface area contributed by atoms with E-state index in [9.17, 15) is 4.79 Å². The predicted octanol–water partition coefficient (Wildman–Crippen LogP) is 1.75. The first kappa shape index (κ1) is 18.5. The quantitative estimate of drug-likeness (QED) is 0.690. The second-order valence-electron chi connectivity index (χ2n) is 6.95. The fourth-order valence-electron chi connectivity index (χ4n) is 3.56. The monoisotopic (exact) mass is 400 g/mol. The number of nitrogens with one attached hydrogen (secondary N) is 1. The molecule has 3 N–H and O–H groups in total. The third-order valence-corrected chi connectivity index (χ3v) is 5.08. The van der Waals surface area contributed by atoms with E-state index >= 15 is 0 Å². The molecule has 1 atom stereocenters. The summed E-state index contributed by atoms with van der Waals surface area (Å²) < 4.78 is 1.40. The van der Waals surface area contributed by atoms with E-state index in [0.29, 0.717) is 22.4 Å². The zero-order chi connectivity index (χ0) is 19.8. The smallest absolute Gasteiger partial charge is 0.263 e. The Morgan fingerprint density at radius 1 is 1.36 bits per heavy atom. The summed E-state index contributed by atoms with van der Waals surface area (Å²) in [6.07, 6.45) is 6.38. The van der Waals surface area contributed by atoms with Crippen LogP contribution >= 0.6 is 11.6 Å². The number of rotatable bonds is 3. The summed E-state index contributed by atoms with van der Waals surface area (Å²) in [5, 5.41) is 7.45. The minimum Gasteiger partial charge on any atom is -0.381 e. The SMILES string of the molecule is CC1CN(C)CCN1c1ccncc1NC(=O)c1c(N)nn2cc(Cl)cnc12. The minimum atomic E-state index is -0.390. The normalized spacial score (nSPS) is 17.8. The number of likely N-dealkylation sites (N-methyl/N-ethyl adjacent to an activating group) is 1. The zero-order valence-electron chi connectivity index (χ0n) is 15.6. The molecule has 0 bridgehead atoms. The molecule has 28 heavy (non-hydrogen) atoms. The zero-order valence-corrected chi connectivity index (χ0v) is 16.4. The van der Waals surface area contributed by atoms with Crippen LogP contribution in [0.1, 0.15) is 17.3 Å². The number of nitrogens with two attached hydrogens (primary N) is 1. The highest BCUT2D eigenvalue weighted by atomic mass is 35.5. The van der Waals surface area contributed by atoms with Gasteiger partial charge in [0.25, 0.3) is 5.91 Å². The number of nitrogen functional groups attached to an aromatic ring is 1. The molecule has 0 spiro atoms. The first-order valence-electron chi connectivity index (χ1n) is 8.94. The van der Waals surface area contributed by atoms with Crippen LogP contribution in [-0.2, 0) is 0 Å². The molecule has 1 amide bonds. The summed E-state index contributed by atoms with van der Waals surface area (Å²) in [5.74, 6) is -0.302. The highest BCUT2D eigenvalue weighted by Gasteiger charge is 2.25. The molecule has 0 radical (unpaired) electrons. The number of nitrogens with zero attached hydrogens (tertiary/aromatic N) is 6. The summed E-state index contributed by atoms with van der Waals surface area (Å²) in [6.45, 7) is 4.93. The Kier molecular flexibility index (Phi) is 4.78. The van der Waals surface area contributed by atoms with Crippen LogP contribution < -0.4 is 16.0 Å². The molecule has 4 heterocycles. The van der Waals surface area contributed by atoms with Gasteiger partial charge in [0.15, 0.2) is 11.5 Å². The number of amides is 1. The van der Waals surface area contributed by atoms with Gasteiger partial charge in [-0.3, -0.25) is 9.78 Å². The average molecular weight is 401 g/mol. The van der Waals surface area contributed by atoms with E-state index in [-0.39, 0.29) is 11.4 Å². The second-order valence-corrected chi connectivity index (χ2v) is 7.39. The number of fused-ring (bicyclic) bond motifs is 1. The fourth-order valence-corrected chi connectivity index (χ4v) is 3.70. The van der Waals surface area contributed by atoms with Gasteiger partial charge >= 0.3 is 0 Å². The molecular formula is C18H21ClN8O. The Morgan fingerprint density at radius 3 is 2.96 bits per heavy atom. The molecular weight excluding hydrogens is 380 g/mol. The maximum atomic E-state index is 13.0. The van der Waals surface area contributed by atoms with E-state index in [1.165, 1.54) is 10.7 Å². The van der Waals surface area contributed by atoms with Crippen LogP contribution in [0.25, 0.3) is 5.65 Å². The van der Waals surface area contributed by atoms with Gasteiger partial charge in [0, 0.05) is 38.1 Å².